The number of rotatable bonds is 2. The summed E-state index contributed by atoms with van der Waals surface area (Å²) in [6.45, 7) is 3.94. The van der Waals surface area contributed by atoms with Gasteiger partial charge in [-0.1, -0.05) is 0 Å². The molecule has 0 aliphatic carbocycles. The maximum absolute atomic E-state index is 11.4. The second-order valence-electron chi connectivity index (χ2n) is 3.48. The first-order valence-corrected chi connectivity index (χ1v) is 5.17. The van der Waals surface area contributed by atoms with Crippen LogP contribution in [0, 0.1) is 0 Å². The van der Waals surface area contributed by atoms with Crippen LogP contribution < -0.4 is 5.32 Å². The zero-order valence-electron chi connectivity index (χ0n) is 9.56. The molecule has 0 saturated carbocycles. The minimum atomic E-state index is -0.293. The van der Waals surface area contributed by atoms with Gasteiger partial charge in [0.05, 0.1) is 12.2 Å². The van der Waals surface area contributed by atoms with E-state index in [2.05, 4.69) is 10.3 Å². The summed E-state index contributed by atoms with van der Waals surface area (Å²) in [6.07, 6.45) is 2.53. The molecule has 0 radical (unpaired) electrons. The molecule has 0 atom stereocenters. The van der Waals surface area contributed by atoms with E-state index in [9.17, 15) is 4.79 Å². The highest BCUT2D eigenvalue weighted by atomic mass is 35.5. The van der Waals surface area contributed by atoms with Gasteiger partial charge in [0, 0.05) is 31.4 Å². The highest BCUT2D eigenvalue weighted by molar-refractivity contribution is 5.89. The number of carbonyl (C=O) groups excluding carboxylic acids is 1. The fraction of sp³-hybridized carbons (Fsp3) is 0.455. The van der Waals surface area contributed by atoms with Gasteiger partial charge >= 0.3 is 5.97 Å². The number of hydrogen-bond acceptors (Lipinski definition) is 4. The molecular weight excluding hydrogens is 263 g/mol. The Labute approximate surface area is 113 Å². The van der Waals surface area contributed by atoms with Gasteiger partial charge in [-0.2, -0.15) is 0 Å². The molecule has 0 saturated heterocycles. The van der Waals surface area contributed by atoms with E-state index in [0.29, 0.717) is 12.2 Å². The number of fused-ring (bicyclic) bond motifs is 1. The van der Waals surface area contributed by atoms with Crippen LogP contribution in [0.3, 0.4) is 0 Å². The molecule has 4 nitrogen and oxygen atoms in total. The van der Waals surface area contributed by atoms with Crippen LogP contribution in [-0.4, -0.2) is 24.1 Å². The van der Waals surface area contributed by atoms with Gasteiger partial charge in [-0.05, 0) is 18.6 Å². The van der Waals surface area contributed by atoms with E-state index < -0.39 is 0 Å². The van der Waals surface area contributed by atoms with Crippen molar-refractivity contribution in [1.29, 1.82) is 0 Å². The molecule has 0 bridgehead atoms. The fourth-order valence-electron chi connectivity index (χ4n) is 1.67. The van der Waals surface area contributed by atoms with Crippen LogP contribution in [0.5, 0.6) is 0 Å². The Balaban J connectivity index is 0.00000128. The molecule has 1 aliphatic rings. The Morgan fingerprint density at radius 1 is 1.53 bits per heavy atom. The fourth-order valence-corrected chi connectivity index (χ4v) is 1.67. The first-order chi connectivity index (χ1) is 7.31. The molecule has 96 valence electrons. The molecular formula is C11H16Cl2N2O2. The van der Waals surface area contributed by atoms with Crippen LogP contribution in [0.25, 0.3) is 0 Å². The van der Waals surface area contributed by atoms with Crippen LogP contribution in [0.4, 0.5) is 0 Å². The van der Waals surface area contributed by atoms with E-state index in [0.717, 1.165) is 30.8 Å². The van der Waals surface area contributed by atoms with Crippen LogP contribution in [0.2, 0.25) is 0 Å². The van der Waals surface area contributed by atoms with Crippen molar-refractivity contribution in [2.75, 3.05) is 13.2 Å². The summed E-state index contributed by atoms with van der Waals surface area (Å²) in [4.78, 5) is 15.7. The maximum Gasteiger partial charge on any atom is 0.339 e. The minimum Gasteiger partial charge on any atom is -0.462 e. The smallest absolute Gasteiger partial charge is 0.339 e. The summed E-state index contributed by atoms with van der Waals surface area (Å²) >= 11 is 0. The third-order valence-electron chi connectivity index (χ3n) is 2.43. The Morgan fingerprint density at radius 2 is 2.29 bits per heavy atom. The molecule has 2 rings (SSSR count). The number of carbonyl (C=O) groups is 1. The molecule has 1 aromatic heterocycles. The van der Waals surface area contributed by atoms with Gasteiger partial charge in [0.2, 0.25) is 0 Å². The van der Waals surface area contributed by atoms with Crippen molar-refractivity contribution in [1.82, 2.24) is 10.3 Å². The van der Waals surface area contributed by atoms with Crippen LogP contribution in [0.15, 0.2) is 12.3 Å². The predicted octanol–water partition coefficient (Wildman–Crippen LogP) is 1.75. The normalized spacial score (nSPS) is 12.8. The molecule has 0 amide bonds. The first-order valence-electron chi connectivity index (χ1n) is 5.17. The van der Waals surface area contributed by atoms with E-state index in [1.54, 1.807) is 13.1 Å². The van der Waals surface area contributed by atoms with Gasteiger partial charge in [-0.15, -0.1) is 24.8 Å². The van der Waals surface area contributed by atoms with Gasteiger partial charge in [0.1, 0.15) is 0 Å². The summed E-state index contributed by atoms with van der Waals surface area (Å²) in [5.74, 6) is -0.293. The van der Waals surface area contributed by atoms with E-state index in [-0.39, 0.29) is 30.8 Å². The number of esters is 1. The Hall–Kier alpha value is -0.840. The van der Waals surface area contributed by atoms with Crippen molar-refractivity contribution in [3.05, 3.63) is 29.1 Å². The molecule has 0 spiro atoms. The highest BCUT2D eigenvalue weighted by Crippen LogP contribution is 2.13. The van der Waals surface area contributed by atoms with Gasteiger partial charge in [-0.25, -0.2) is 4.79 Å². The zero-order valence-corrected chi connectivity index (χ0v) is 11.2. The van der Waals surface area contributed by atoms with Crippen molar-refractivity contribution in [3.63, 3.8) is 0 Å². The average molecular weight is 279 g/mol. The molecule has 2 heterocycles. The van der Waals surface area contributed by atoms with Crippen molar-refractivity contribution in [2.45, 2.75) is 19.9 Å². The molecule has 1 N–H and O–H groups in total. The average Bonchev–Trinajstić information content (AvgIpc) is 2.29. The number of halogens is 2. The minimum absolute atomic E-state index is 0. The van der Waals surface area contributed by atoms with E-state index in [1.165, 1.54) is 0 Å². The first kappa shape index (κ1) is 16.2. The molecule has 0 aromatic carbocycles. The van der Waals surface area contributed by atoms with Gasteiger partial charge in [0.25, 0.3) is 0 Å². The summed E-state index contributed by atoms with van der Waals surface area (Å²) in [7, 11) is 0. The summed E-state index contributed by atoms with van der Waals surface area (Å²) in [5, 5.41) is 3.25. The lowest BCUT2D eigenvalue weighted by molar-refractivity contribution is 0.0525. The lowest BCUT2D eigenvalue weighted by Crippen LogP contribution is -2.25. The van der Waals surface area contributed by atoms with Crippen molar-refractivity contribution < 1.29 is 9.53 Å². The molecule has 17 heavy (non-hydrogen) atoms. The number of nitrogens with one attached hydrogen (secondary N) is 1. The van der Waals surface area contributed by atoms with E-state index in [4.69, 9.17) is 4.74 Å². The Kier molecular flexibility index (Phi) is 7.11. The van der Waals surface area contributed by atoms with Gasteiger partial charge in [-0.3, -0.25) is 4.98 Å². The quantitative estimate of drug-likeness (QED) is 0.838. The topological polar surface area (TPSA) is 51.2 Å². The molecule has 0 fully saturated rings. The molecule has 1 aliphatic heterocycles. The second-order valence-corrected chi connectivity index (χ2v) is 3.48. The summed E-state index contributed by atoms with van der Waals surface area (Å²) in [6, 6.07) is 1.87. The van der Waals surface area contributed by atoms with Gasteiger partial charge < -0.3 is 10.1 Å². The third-order valence-corrected chi connectivity index (χ3v) is 2.43. The molecule has 0 unspecified atom stereocenters. The van der Waals surface area contributed by atoms with Crippen LogP contribution in [0.1, 0.15) is 28.5 Å². The monoisotopic (exact) mass is 278 g/mol. The lowest BCUT2D eigenvalue weighted by Gasteiger charge is -2.16. The zero-order chi connectivity index (χ0) is 10.7. The number of hydrogen-bond donors (Lipinski definition) is 1. The molecule has 1 aromatic rings. The number of aromatic nitrogens is 1. The van der Waals surface area contributed by atoms with Crippen LogP contribution in [-0.2, 0) is 17.7 Å². The Bertz CT molecular complexity index is 386. The van der Waals surface area contributed by atoms with E-state index in [1.807, 2.05) is 6.07 Å². The summed E-state index contributed by atoms with van der Waals surface area (Å²) < 4.78 is 4.92. The highest BCUT2D eigenvalue weighted by Gasteiger charge is 2.13. The number of pyridine rings is 1. The predicted molar refractivity (Wildman–Crippen MR) is 70.1 cm³/mol. The third kappa shape index (κ3) is 3.84. The van der Waals surface area contributed by atoms with Gasteiger partial charge in [0.15, 0.2) is 0 Å². The SMILES string of the molecule is CCOC(=O)c1cnc2c(c1)CNCC2.Cl.Cl. The maximum atomic E-state index is 11.4. The second kappa shape index (κ2) is 7.48. The Morgan fingerprint density at radius 3 is 3.00 bits per heavy atom. The standard InChI is InChI=1S/C11H14N2O2.2ClH/c1-2-15-11(14)9-5-8-6-12-4-3-10(8)13-7-9;;/h5,7,12H,2-4,6H2,1H3;2*1H. The summed E-state index contributed by atoms with van der Waals surface area (Å²) in [5.41, 5.74) is 2.73. The van der Waals surface area contributed by atoms with Crippen molar-refractivity contribution >= 4 is 30.8 Å². The lowest BCUT2D eigenvalue weighted by atomic mass is 10.1. The van der Waals surface area contributed by atoms with Crippen molar-refractivity contribution in [2.24, 2.45) is 0 Å². The number of nitrogens with zero attached hydrogens (tertiary/aromatic N) is 1. The van der Waals surface area contributed by atoms with Crippen LogP contribution >= 0.6 is 24.8 Å². The molecule has 6 heteroatoms. The van der Waals surface area contributed by atoms with E-state index >= 15 is 0 Å². The van der Waals surface area contributed by atoms with Crippen molar-refractivity contribution in [3.8, 4) is 0 Å². The number of ether oxygens (including phenoxy) is 1. The largest absolute Gasteiger partial charge is 0.462 e.